The number of anilines is 1. The maximum atomic E-state index is 10.7. The first-order chi connectivity index (χ1) is 8.03. The minimum atomic E-state index is -0.361. The van der Waals surface area contributed by atoms with Crippen LogP contribution in [0.5, 0.6) is 0 Å². The molecule has 4 heteroatoms. The Morgan fingerprint density at radius 1 is 1.47 bits per heavy atom. The van der Waals surface area contributed by atoms with Gasteiger partial charge in [-0.2, -0.15) is 0 Å². The molecule has 0 amide bonds. The zero-order valence-electron chi connectivity index (χ0n) is 10.3. The molecule has 17 heavy (non-hydrogen) atoms. The fourth-order valence-corrected chi connectivity index (χ4v) is 2.13. The molecule has 0 radical (unpaired) electrons. The molecule has 0 atom stereocenters. The van der Waals surface area contributed by atoms with Crippen molar-refractivity contribution in [2.75, 3.05) is 11.9 Å². The average molecular weight is 234 g/mol. The second-order valence-electron chi connectivity index (χ2n) is 5.18. The molecule has 0 saturated heterocycles. The largest absolute Gasteiger partial charge is 0.384 e. The molecule has 0 heterocycles. The van der Waals surface area contributed by atoms with Crippen LogP contribution in [0, 0.1) is 21.4 Å². The van der Waals surface area contributed by atoms with Crippen molar-refractivity contribution in [3.63, 3.8) is 0 Å². The number of nitro benzene ring substituents is 1. The third-order valence-corrected chi connectivity index (χ3v) is 3.82. The molecule has 0 bridgehead atoms. The summed E-state index contributed by atoms with van der Waals surface area (Å²) in [5, 5.41) is 14.0. The fraction of sp³-hybridized carbons (Fsp3) is 0.538. The summed E-state index contributed by atoms with van der Waals surface area (Å²) in [5.41, 5.74) is 1.39. The standard InChI is InChI=1S/C13H18N2O2/c1-10(2)13(6-7-13)9-14-11-4-3-5-12(8-11)15(16)17/h3-5,8,10,14H,6-7,9H2,1-2H3. The smallest absolute Gasteiger partial charge is 0.271 e. The molecule has 1 N–H and O–H groups in total. The summed E-state index contributed by atoms with van der Waals surface area (Å²) in [5.74, 6) is 0.661. The van der Waals surface area contributed by atoms with Gasteiger partial charge in [0.2, 0.25) is 0 Å². The van der Waals surface area contributed by atoms with E-state index in [-0.39, 0.29) is 10.6 Å². The first-order valence-corrected chi connectivity index (χ1v) is 6.02. The molecule has 1 saturated carbocycles. The van der Waals surface area contributed by atoms with Gasteiger partial charge in [-0.25, -0.2) is 0 Å². The molecule has 1 aromatic carbocycles. The Hall–Kier alpha value is -1.58. The van der Waals surface area contributed by atoms with Crippen LogP contribution in [0.1, 0.15) is 26.7 Å². The van der Waals surface area contributed by atoms with Crippen LogP contribution in [0.3, 0.4) is 0 Å². The van der Waals surface area contributed by atoms with Crippen molar-refractivity contribution in [1.82, 2.24) is 0 Å². The number of benzene rings is 1. The summed E-state index contributed by atoms with van der Waals surface area (Å²) in [6.45, 7) is 5.39. The van der Waals surface area contributed by atoms with Gasteiger partial charge >= 0.3 is 0 Å². The first-order valence-electron chi connectivity index (χ1n) is 6.02. The molecule has 92 valence electrons. The van der Waals surface area contributed by atoms with Gasteiger partial charge in [-0.15, -0.1) is 0 Å². The molecular weight excluding hydrogens is 216 g/mol. The van der Waals surface area contributed by atoms with Crippen LogP contribution >= 0.6 is 0 Å². The Labute approximate surface area is 101 Å². The van der Waals surface area contributed by atoms with E-state index < -0.39 is 0 Å². The van der Waals surface area contributed by atoms with E-state index in [1.54, 1.807) is 12.1 Å². The number of nitrogens with one attached hydrogen (secondary N) is 1. The van der Waals surface area contributed by atoms with Gasteiger partial charge in [0, 0.05) is 24.4 Å². The van der Waals surface area contributed by atoms with Crippen LogP contribution in [0.4, 0.5) is 11.4 Å². The highest BCUT2D eigenvalue weighted by Gasteiger charge is 2.44. The molecular formula is C13H18N2O2. The molecule has 1 aliphatic carbocycles. The molecule has 0 unspecified atom stereocenters. The van der Waals surface area contributed by atoms with Crippen molar-refractivity contribution in [1.29, 1.82) is 0 Å². The third-order valence-electron chi connectivity index (χ3n) is 3.82. The lowest BCUT2D eigenvalue weighted by Crippen LogP contribution is -2.20. The zero-order valence-corrected chi connectivity index (χ0v) is 10.3. The van der Waals surface area contributed by atoms with Gasteiger partial charge in [0.1, 0.15) is 0 Å². The number of non-ortho nitro benzene ring substituents is 1. The van der Waals surface area contributed by atoms with Gasteiger partial charge in [-0.1, -0.05) is 19.9 Å². The van der Waals surface area contributed by atoms with Crippen LogP contribution < -0.4 is 5.32 Å². The zero-order chi connectivity index (χ0) is 12.5. The minimum absolute atomic E-state index is 0.143. The summed E-state index contributed by atoms with van der Waals surface area (Å²) in [4.78, 5) is 10.3. The normalized spacial score (nSPS) is 16.9. The number of nitrogens with zero attached hydrogens (tertiary/aromatic N) is 1. The van der Waals surface area contributed by atoms with E-state index in [2.05, 4.69) is 19.2 Å². The van der Waals surface area contributed by atoms with Crippen LogP contribution in [0.25, 0.3) is 0 Å². The number of nitro groups is 1. The van der Waals surface area contributed by atoms with E-state index >= 15 is 0 Å². The quantitative estimate of drug-likeness (QED) is 0.627. The summed E-state index contributed by atoms with van der Waals surface area (Å²) in [6, 6.07) is 6.70. The summed E-state index contributed by atoms with van der Waals surface area (Å²) in [6.07, 6.45) is 2.51. The van der Waals surface area contributed by atoms with E-state index in [9.17, 15) is 10.1 Å². The van der Waals surface area contributed by atoms with Gasteiger partial charge in [0.15, 0.2) is 0 Å². The third kappa shape index (κ3) is 2.57. The lowest BCUT2D eigenvalue weighted by Gasteiger charge is -2.20. The van der Waals surface area contributed by atoms with E-state index in [4.69, 9.17) is 0 Å². The second kappa shape index (κ2) is 4.35. The molecule has 1 aromatic rings. The summed E-state index contributed by atoms with van der Waals surface area (Å²) < 4.78 is 0. The minimum Gasteiger partial charge on any atom is -0.384 e. The van der Waals surface area contributed by atoms with Crippen LogP contribution in [-0.2, 0) is 0 Å². The van der Waals surface area contributed by atoms with Crippen molar-refractivity contribution < 1.29 is 4.92 Å². The van der Waals surface area contributed by atoms with Crippen molar-refractivity contribution in [2.45, 2.75) is 26.7 Å². The summed E-state index contributed by atoms with van der Waals surface area (Å²) in [7, 11) is 0. The molecule has 0 aliphatic heterocycles. The van der Waals surface area contributed by atoms with Gasteiger partial charge < -0.3 is 5.32 Å². The van der Waals surface area contributed by atoms with Crippen molar-refractivity contribution in [2.24, 2.45) is 11.3 Å². The lowest BCUT2D eigenvalue weighted by atomic mass is 9.92. The molecule has 0 spiro atoms. The van der Waals surface area contributed by atoms with Gasteiger partial charge in [0.25, 0.3) is 5.69 Å². The maximum Gasteiger partial charge on any atom is 0.271 e. The number of hydrogen-bond acceptors (Lipinski definition) is 3. The van der Waals surface area contributed by atoms with Gasteiger partial charge in [-0.05, 0) is 30.2 Å². The number of hydrogen-bond donors (Lipinski definition) is 1. The molecule has 2 rings (SSSR count). The van der Waals surface area contributed by atoms with Crippen molar-refractivity contribution >= 4 is 11.4 Å². The topological polar surface area (TPSA) is 55.2 Å². The average Bonchev–Trinajstić information content (AvgIpc) is 3.08. The second-order valence-corrected chi connectivity index (χ2v) is 5.18. The van der Waals surface area contributed by atoms with Gasteiger partial charge in [0.05, 0.1) is 4.92 Å². The highest BCUT2D eigenvalue weighted by atomic mass is 16.6. The Morgan fingerprint density at radius 3 is 2.71 bits per heavy atom. The highest BCUT2D eigenvalue weighted by Crippen LogP contribution is 2.51. The van der Waals surface area contributed by atoms with Crippen molar-refractivity contribution in [3.05, 3.63) is 34.4 Å². The van der Waals surface area contributed by atoms with Crippen LogP contribution in [-0.4, -0.2) is 11.5 Å². The fourth-order valence-electron chi connectivity index (χ4n) is 2.13. The maximum absolute atomic E-state index is 10.7. The monoisotopic (exact) mass is 234 g/mol. The summed E-state index contributed by atoms with van der Waals surface area (Å²) >= 11 is 0. The highest BCUT2D eigenvalue weighted by molar-refractivity contribution is 5.51. The van der Waals surface area contributed by atoms with Crippen LogP contribution in [0.15, 0.2) is 24.3 Å². The van der Waals surface area contributed by atoms with E-state index in [0.29, 0.717) is 11.3 Å². The van der Waals surface area contributed by atoms with E-state index in [1.807, 2.05) is 6.07 Å². The first kappa shape index (κ1) is 11.9. The molecule has 1 fully saturated rings. The Kier molecular flexibility index (Phi) is 3.05. The van der Waals surface area contributed by atoms with Crippen LogP contribution in [0.2, 0.25) is 0 Å². The molecule has 4 nitrogen and oxygen atoms in total. The molecule has 1 aliphatic rings. The van der Waals surface area contributed by atoms with E-state index in [1.165, 1.54) is 18.9 Å². The van der Waals surface area contributed by atoms with Gasteiger partial charge in [-0.3, -0.25) is 10.1 Å². The van der Waals surface area contributed by atoms with Crippen molar-refractivity contribution in [3.8, 4) is 0 Å². The Balaban J connectivity index is 2.00. The Morgan fingerprint density at radius 2 is 2.18 bits per heavy atom. The van der Waals surface area contributed by atoms with E-state index in [0.717, 1.165) is 12.2 Å². The lowest BCUT2D eigenvalue weighted by molar-refractivity contribution is -0.384. The molecule has 0 aromatic heterocycles. The number of rotatable bonds is 5. The predicted octanol–water partition coefficient (Wildman–Crippen LogP) is 3.44. The Bertz CT molecular complexity index is 425. The SMILES string of the molecule is CC(C)C1(CNc2cccc([N+](=O)[O-])c2)CC1. The predicted molar refractivity (Wildman–Crippen MR) is 68.1 cm³/mol.